The number of benzene rings is 1. The summed E-state index contributed by atoms with van der Waals surface area (Å²) < 4.78 is 1.70. The first-order valence-corrected chi connectivity index (χ1v) is 7.82. The normalized spacial score (nSPS) is 25.7. The number of hydrogen-bond donors (Lipinski definition) is 1. The predicted octanol–water partition coefficient (Wildman–Crippen LogP) is 3.57. The Labute approximate surface area is 135 Å². The molecule has 1 atom stereocenters. The SMILES string of the molecule is CC1(C)CC/C(=C\c2ccc(Cl)cc2)C1(O)Cn1ccnn1. The molecule has 1 aliphatic carbocycles. The molecule has 5 heteroatoms. The number of aliphatic hydroxyl groups is 1. The molecule has 116 valence electrons. The Morgan fingerprint density at radius 3 is 2.68 bits per heavy atom. The molecule has 1 heterocycles. The largest absolute Gasteiger partial charge is 0.383 e. The van der Waals surface area contributed by atoms with Crippen molar-refractivity contribution < 1.29 is 5.11 Å². The van der Waals surface area contributed by atoms with E-state index in [0.717, 1.165) is 24.0 Å². The van der Waals surface area contributed by atoms with Crippen LogP contribution in [0.15, 0.2) is 42.2 Å². The van der Waals surface area contributed by atoms with Gasteiger partial charge < -0.3 is 5.11 Å². The van der Waals surface area contributed by atoms with Crippen LogP contribution in [0.1, 0.15) is 32.3 Å². The lowest BCUT2D eigenvalue weighted by atomic mass is 9.76. The molecular weight excluding hydrogens is 298 g/mol. The maximum Gasteiger partial charge on any atom is 0.111 e. The first kappa shape index (κ1) is 15.3. The highest BCUT2D eigenvalue weighted by molar-refractivity contribution is 6.30. The van der Waals surface area contributed by atoms with Crippen LogP contribution < -0.4 is 0 Å². The Hall–Kier alpha value is -1.65. The van der Waals surface area contributed by atoms with Gasteiger partial charge in [-0.2, -0.15) is 0 Å². The van der Waals surface area contributed by atoms with E-state index in [1.54, 1.807) is 17.1 Å². The fraction of sp³-hybridized carbons (Fsp3) is 0.412. The van der Waals surface area contributed by atoms with Crippen LogP contribution in [0.5, 0.6) is 0 Å². The average molecular weight is 318 g/mol. The van der Waals surface area contributed by atoms with E-state index in [-0.39, 0.29) is 5.41 Å². The van der Waals surface area contributed by atoms with Crippen molar-refractivity contribution in [2.75, 3.05) is 0 Å². The summed E-state index contributed by atoms with van der Waals surface area (Å²) in [6, 6.07) is 7.67. The maximum atomic E-state index is 11.4. The second kappa shape index (κ2) is 5.52. The third-order valence-electron chi connectivity index (χ3n) is 4.74. The van der Waals surface area contributed by atoms with Crippen molar-refractivity contribution in [2.45, 2.75) is 38.8 Å². The van der Waals surface area contributed by atoms with Gasteiger partial charge in [0.2, 0.25) is 0 Å². The Kier molecular flexibility index (Phi) is 3.83. The van der Waals surface area contributed by atoms with Crippen molar-refractivity contribution in [1.29, 1.82) is 0 Å². The van der Waals surface area contributed by atoms with Crippen LogP contribution in [-0.4, -0.2) is 25.7 Å². The van der Waals surface area contributed by atoms with Crippen molar-refractivity contribution >= 4 is 17.7 Å². The second-order valence-electron chi connectivity index (χ2n) is 6.57. The van der Waals surface area contributed by atoms with Gasteiger partial charge in [0.05, 0.1) is 12.7 Å². The molecule has 1 aromatic heterocycles. The second-order valence-corrected chi connectivity index (χ2v) is 7.00. The van der Waals surface area contributed by atoms with Crippen molar-refractivity contribution in [1.82, 2.24) is 15.0 Å². The lowest BCUT2D eigenvalue weighted by Gasteiger charge is -2.37. The van der Waals surface area contributed by atoms with Gasteiger partial charge in [-0.1, -0.05) is 48.9 Å². The number of halogens is 1. The van der Waals surface area contributed by atoms with E-state index in [4.69, 9.17) is 11.6 Å². The summed E-state index contributed by atoms with van der Waals surface area (Å²) in [7, 11) is 0. The van der Waals surface area contributed by atoms with Gasteiger partial charge in [-0.3, -0.25) is 0 Å². The molecule has 1 aliphatic rings. The topological polar surface area (TPSA) is 50.9 Å². The molecule has 0 radical (unpaired) electrons. The van der Waals surface area contributed by atoms with Crippen LogP contribution in [0, 0.1) is 5.41 Å². The zero-order valence-electron chi connectivity index (χ0n) is 12.8. The molecule has 3 rings (SSSR count). The fourth-order valence-electron chi connectivity index (χ4n) is 3.11. The summed E-state index contributed by atoms with van der Waals surface area (Å²) in [5, 5.41) is 19.9. The zero-order chi connectivity index (χ0) is 15.8. The van der Waals surface area contributed by atoms with Crippen LogP contribution in [-0.2, 0) is 6.54 Å². The van der Waals surface area contributed by atoms with Crippen molar-refractivity contribution in [3.05, 3.63) is 52.8 Å². The lowest BCUT2D eigenvalue weighted by molar-refractivity contribution is -0.0300. The van der Waals surface area contributed by atoms with Gasteiger partial charge in [-0.15, -0.1) is 5.10 Å². The average Bonchev–Trinajstić information content (AvgIpc) is 3.04. The standard InChI is InChI=1S/C17H20ClN3O/c1-16(2)8-7-14(11-13-3-5-15(18)6-4-13)17(16,22)12-21-10-9-19-20-21/h3-6,9-11,22H,7-8,12H2,1-2H3/b14-11+. The molecule has 0 amide bonds. The van der Waals surface area contributed by atoms with Crippen molar-refractivity contribution in [3.8, 4) is 0 Å². The number of nitrogens with zero attached hydrogens (tertiary/aromatic N) is 3. The molecule has 0 saturated heterocycles. The molecule has 1 saturated carbocycles. The van der Waals surface area contributed by atoms with E-state index >= 15 is 0 Å². The number of aromatic nitrogens is 3. The molecule has 2 aromatic rings. The fourth-order valence-corrected chi connectivity index (χ4v) is 3.24. The smallest absolute Gasteiger partial charge is 0.111 e. The van der Waals surface area contributed by atoms with E-state index in [9.17, 15) is 5.11 Å². The third-order valence-corrected chi connectivity index (χ3v) is 5.00. The third kappa shape index (κ3) is 2.69. The van der Waals surface area contributed by atoms with Gasteiger partial charge in [0.15, 0.2) is 0 Å². The minimum Gasteiger partial charge on any atom is -0.383 e. The first-order chi connectivity index (χ1) is 10.4. The van der Waals surface area contributed by atoms with E-state index < -0.39 is 5.60 Å². The number of hydrogen-bond acceptors (Lipinski definition) is 3. The molecular formula is C17H20ClN3O. The van der Waals surface area contributed by atoms with Crippen molar-refractivity contribution in [3.63, 3.8) is 0 Å². The van der Waals surface area contributed by atoms with Crippen LogP contribution in [0.25, 0.3) is 6.08 Å². The summed E-state index contributed by atoms with van der Waals surface area (Å²) in [6.45, 7) is 4.62. The molecule has 4 nitrogen and oxygen atoms in total. The first-order valence-electron chi connectivity index (χ1n) is 7.44. The summed E-state index contributed by atoms with van der Waals surface area (Å²) in [5.41, 5.74) is 0.946. The van der Waals surface area contributed by atoms with Crippen LogP contribution in [0.2, 0.25) is 5.02 Å². The predicted molar refractivity (Wildman–Crippen MR) is 87.4 cm³/mol. The van der Waals surface area contributed by atoms with E-state index in [1.165, 1.54) is 0 Å². The Balaban J connectivity index is 1.97. The minimum atomic E-state index is -0.930. The molecule has 1 fully saturated rings. The maximum absolute atomic E-state index is 11.4. The molecule has 0 spiro atoms. The summed E-state index contributed by atoms with van der Waals surface area (Å²) in [6.07, 6.45) is 7.31. The highest BCUT2D eigenvalue weighted by Gasteiger charge is 2.51. The summed E-state index contributed by atoms with van der Waals surface area (Å²) in [4.78, 5) is 0. The Bertz CT molecular complexity index is 676. The number of rotatable bonds is 3. The summed E-state index contributed by atoms with van der Waals surface area (Å²) >= 11 is 5.94. The van der Waals surface area contributed by atoms with Gasteiger partial charge in [-0.05, 0) is 41.5 Å². The highest BCUT2D eigenvalue weighted by atomic mass is 35.5. The van der Waals surface area contributed by atoms with Gasteiger partial charge in [0, 0.05) is 11.2 Å². The molecule has 22 heavy (non-hydrogen) atoms. The van der Waals surface area contributed by atoms with Gasteiger partial charge in [-0.25, -0.2) is 4.68 Å². The van der Waals surface area contributed by atoms with E-state index in [2.05, 4.69) is 30.2 Å². The zero-order valence-corrected chi connectivity index (χ0v) is 13.6. The van der Waals surface area contributed by atoms with Crippen LogP contribution in [0.4, 0.5) is 0 Å². The Morgan fingerprint density at radius 2 is 2.05 bits per heavy atom. The lowest BCUT2D eigenvalue weighted by Crippen LogP contribution is -2.45. The van der Waals surface area contributed by atoms with Gasteiger partial charge in [0.25, 0.3) is 0 Å². The monoisotopic (exact) mass is 317 g/mol. The molecule has 1 unspecified atom stereocenters. The van der Waals surface area contributed by atoms with Crippen LogP contribution in [0.3, 0.4) is 0 Å². The van der Waals surface area contributed by atoms with Crippen molar-refractivity contribution in [2.24, 2.45) is 5.41 Å². The van der Waals surface area contributed by atoms with Gasteiger partial charge in [0.1, 0.15) is 5.60 Å². The van der Waals surface area contributed by atoms with Gasteiger partial charge >= 0.3 is 0 Å². The molecule has 1 aromatic carbocycles. The molecule has 0 bridgehead atoms. The molecule has 1 N–H and O–H groups in total. The highest BCUT2D eigenvalue weighted by Crippen LogP contribution is 2.50. The minimum absolute atomic E-state index is 0.211. The van der Waals surface area contributed by atoms with Crippen LogP contribution >= 0.6 is 11.6 Å². The van der Waals surface area contributed by atoms with E-state index in [1.807, 2.05) is 24.3 Å². The quantitative estimate of drug-likeness (QED) is 0.941. The van der Waals surface area contributed by atoms with E-state index in [0.29, 0.717) is 11.6 Å². The molecule has 0 aliphatic heterocycles. The Morgan fingerprint density at radius 1 is 1.32 bits per heavy atom. The summed E-state index contributed by atoms with van der Waals surface area (Å²) in [5.74, 6) is 0.